The Kier molecular flexibility index (Phi) is 4.76. The molecule has 0 saturated heterocycles. The van der Waals surface area contributed by atoms with Gasteiger partial charge in [0.1, 0.15) is 5.70 Å². The Hall–Kier alpha value is -1.32. The molecular weight excluding hydrogens is 158 g/mol. The van der Waals surface area contributed by atoms with Crippen LogP contribution in [0.15, 0.2) is 11.8 Å². The molecule has 0 aromatic heterocycles. The topological polar surface area (TPSA) is 55.4 Å². The van der Waals surface area contributed by atoms with E-state index in [0.29, 0.717) is 6.61 Å². The van der Waals surface area contributed by atoms with E-state index < -0.39 is 5.97 Å². The van der Waals surface area contributed by atoms with Crippen LogP contribution in [0.3, 0.4) is 0 Å². The summed E-state index contributed by atoms with van der Waals surface area (Å²) in [4.78, 5) is 21.6. The Morgan fingerprint density at radius 3 is 2.42 bits per heavy atom. The number of hydrogen-bond donors (Lipinski definition) is 1. The molecule has 4 nitrogen and oxygen atoms in total. The van der Waals surface area contributed by atoms with Gasteiger partial charge in [0.25, 0.3) is 0 Å². The molecule has 0 heterocycles. The van der Waals surface area contributed by atoms with Crippen LogP contribution in [0.25, 0.3) is 0 Å². The van der Waals surface area contributed by atoms with Gasteiger partial charge < -0.3 is 10.1 Å². The van der Waals surface area contributed by atoms with Crippen LogP contribution in [-0.4, -0.2) is 18.5 Å². The molecule has 0 aromatic rings. The van der Waals surface area contributed by atoms with Gasteiger partial charge in [-0.15, -0.1) is 0 Å². The van der Waals surface area contributed by atoms with Crippen molar-refractivity contribution in [3.05, 3.63) is 11.8 Å². The molecule has 0 rings (SSSR count). The summed E-state index contributed by atoms with van der Waals surface area (Å²) >= 11 is 0. The number of ether oxygens (including phenoxy) is 1. The normalized spacial score (nSPS) is 10.8. The zero-order valence-electron chi connectivity index (χ0n) is 7.51. The molecule has 0 radical (unpaired) electrons. The third-order valence-electron chi connectivity index (χ3n) is 1.09. The van der Waals surface area contributed by atoms with Crippen molar-refractivity contribution >= 4 is 11.9 Å². The summed E-state index contributed by atoms with van der Waals surface area (Å²) in [6, 6.07) is 0. The molecule has 0 aliphatic rings. The first-order valence-corrected chi connectivity index (χ1v) is 3.72. The van der Waals surface area contributed by atoms with Crippen LogP contribution >= 0.6 is 0 Å². The highest BCUT2D eigenvalue weighted by molar-refractivity contribution is 5.93. The molecule has 0 aliphatic heterocycles. The molecule has 1 N–H and O–H groups in total. The summed E-state index contributed by atoms with van der Waals surface area (Å²) in [5.74, 6) is -0.786. The quantitative estimate of drug-likeness (QED) is 0.499. The molecule has 0 saturated carbocycles. The van der Waals surface area contributed by atoms with E-state index in [4.69, 9.17) is 0 Å². The van der Waals surface area contributed by atoms with Gasteiger partial charge in [-0.25, -0.2) is 4.79 Å². The zero-order chi connectivity index (χ0) is 9.56. The molecule has 0 spiro atoms. The number of amides is 1. The number of carbonyl (C=O) groups is 2. The van der Waals surface area contributed by atoms with Crippen molar-refractivity contribution in [2.45, 2.75) is 20.8 Å². The first-order chi connectivity index (χ1) is 5.61. The summed E-state index contributed by atoms with van der Waals surface area (Å²) in [5.41, 5.74) is 0.185. The van der Waals surface area contributed by atoms with Crippen molar-refractivity contribution in [3.8, 4) is 0 Å². The molecule has 0 fully saturated rings. The average Bonchev–Trinajstić information content (AvgIpc) is 2.00. The van der Waals surface area contributed by atoms with E-state index in [1.165, 1.54) is 13.0 Å². The van der Waals surface area contributed by atoms with Crippen LogP contribution in [-0.2, 0) is 14.3 Å². The maximum atomic E-state index is 11.0. The van der Waals surface area contributed by atoms with Gasteiger partial charge in [-0.05, 0) is 13.8 Å². The largest absolute Gasteiger partial charge is 0.461 e. The van der Waals surface area contributed by atoms with Gasteiger partial charge >= 0.3 is 5.97 Å². The number of nitrogens with one attached hydrogen (secondary N) is 1. The lowest BCUT2D eigenvalue weighted by atomic mass is 10.4. The summed E-state index contributed by atoms with van der Waals surface area (Å²) < 4.78 is 4.67. The summed E-state index contributed by atoms with van der Waals surface area (Å²) in [6.07, 6.45) is 1.50. The van der Waals surface area contributed by atoms with Crippen molar-refractivity contribution in [2.24, 2.45) is 0 Å². The Bertz CT molecular complexity index is 208. The van der Waals surface area contributed by atoms with E-state index in [1.54, 1.807) is 13.8 Å². The van der Waals surface area contributed by atoms with Crippen LogP contribution in [0.4, 0.5) is 0 Å². The van der Waals surface area contributed by atoms with E-state index in [1.807, 2.05) is 0 Å². The van der Waals surface area contributed by atoms with Gasteiger partial charge in [-0.1, -0.05) is 6.08 Å². The van der Waals surface area contributed by atoms with Crippen molar-refractivity contribution in [1.29, 1.82) is 0 Å². The smallest absolute Gasteiger partial charge is 0.354 e. The highest BCUT2D eigenvalue weighted by Crippen LogP contribution is 1.93. The highest BCUT2D eigenvalue weighted by atomic mass is 16.5. The van der Waals surface area contributed by atoms with E-state index >= 15 is 0 Å². The second-order valence-corrected chi connectivity index (χ2v) is 2.10. The van der Waals surface area contributed by atoms with Crippen LogP contribution in [0.5, 0.6) is 0 Å². The molecule has 0 aromatic carbocycles. The molecule has 0 unspecified atom stereocenters. The van der Waals surface area contributed by atoms with Gasteiger partial charge in [-0.2, -0.15) is 0 Å². The van der Waals surface area contributed by atoms with Gasteiger partial charge in [0.2, 0.25) is 5.91 Å². The third-order valence-corrected chi connectivity index (χ3v) is 1.09. The van der Waals surface area contributed by atoms with Gasteiger partial charge in [-0.3, -0.25) is 4.79 Å². The first kappa shape index (κ1) is 10.7. The Morgan fingerprint density at radius 1 is 1.50 bits per heavy atom. The van der Waals surface area contributed by atoms with Crippen LogP contribution in [0, 0.1) is 0 Å². The summed E-state index contributed by atoms with van der Waals surface area (Å²) in [7, 11) is 0. The van der Waals surface area contributed by atoms with Gasteiger partial charge in [0.15, 0.2) is 0 Å². The Balaban J connectivity index is 4.17. The molecular formula is C8H13NO3. The predicted molar refractivity (Wildman–Crippen MR) is 44.2 cm³/mol. The van der Waals surface area contributed by atoms with Gasteiger partial charge in [0, 0.05) is 6.92 Å². The van der Waals surface area contributed by atoms with Crippen molar-refractivity contribution in [2.75, 3.05) is 6.61 Å². The summed E-state index contributed by atoms with van der Waals surface area (Å²) in [6.45, 7) is 5.00. The Morgan fingerprint density at radius 2 is 2.08 bits per heavy atom. The van der Waals surface area contributed by atoms with Crippen molar-refractivity contribution in [1.82, 2.24) is 5.32 Å². The maximum Gasteiger partial charge on any atom is 0.354 e. The first-order valence-electron chi connectivity index (χ1n) is 3.72. The number of carbonyl (C=O) groups excluding carboxylic acids is 2. The lowest BCUT2D eigenvalue weighted by Gasteiger charge is -2.05. The van der Waals surface area contributed by atoms with Gasteiger partial charge in [0.05, 0.1) is 6.61 Å². The average molecular weight is 171 g/mol. The molecule has 0 atom stereocenters. The zero-order valence-corrected chi connectivity index (χ0v) is 7.51. The predicted octanol–water partition coefficient (Wildman–Crippen LogP) is 0.589. The second kappa shape index (κ2) is 5.35. The van der Waals surface area contributed by atoms with E-state index in [0.717, 1.165) is 0 Å². The van der Waals surface area contributed by atoms with E-state index in [2.05, 4.69) is 10.1 Å². The highest BCUT2D eigenvalue weighted by Gasteiger charge is 2.09. The lowest BCUT2D eigenvalue weighted by molar-refractivity contribution is -0.140. The number of hydrogen-bond acceptors (Lipinski definition) is 3. The molecule has 4 heteroatoms. The van der Waals surface area contributed by atoms with Crippen molar-refractivity contribution < 1.29 is 14.3 Å². The lowest BCUT2D eigenvalue weighted by Crippen LogP contribution is -2.26. The fourth-order valence-corrected chi connectivity index (χ4v) is 0.640. The number of allylic oxidation sites excluding steroid dienone is 1. The minimum Gasteiger partial charge on any atom is -0.461 e. The molecule has 0 bridgehead atoms. The molecule has 68 valence electrons. The van der Waals surface area contributed by atoms with Crippen LogP contribution in [0.2, 0.25) is 0 Å². The maximum absolute atomic E-state index is 11.0. The number of rotatable bonds is 3. The second-order valence-electron chi connectivity index (χ2n) is 2.10. The van der Waals surface area contributed by atoms with E-state index in [9.17, 15) is 9.59 Å². The van der Waals surface area contributed by atoms with E-state index in [-0.39, 0.29) is 11.6 Å². The standard InChI is InChI=1S/C8H13NO3/c1-4-7(9-6(3)10)8(11)12-5-2/h4H,5H2,1-3H3,(H,9,10). The third kappa shape index (κ3) is 3.75. The minimum absolute atomic E-state index is 0.185. The minimum atomic E-state index is -0.504. The SMILES string of the molecule is CC=C(NC(C)=O)C(=O)OCC. The summed E-state index contributed by atoms with van der Waals surface area (Å²) in [5, 5.41) is 2.36. The monoisotopic (exact) mass is 171 g/mol. The fourth-order valence-electron chi connectivity index (χ4n) is 0.640. The fraction of sp³-hybridized carbons (Fsp3) is 0.500. The molecule has 1 amide bonds. The van der Waals surface area contributed by atoms with Crippen LogP contribution < -0.4 is 5.32 Å². The van der Waals surface area contributed by atoms with Crippen molar-refractivity contribution in [3.63, 3.8) is 0 Å². The number of esters is 1. The Labute approximate surface area is 71.6 Å². The molecule has 12 heavy (non-hydrogen) atoms. The van der Waals surface area contributed by atoms with Crippen LogP contribution in [0.1, 0.15) is 20.8 Å². The molecule has 0 aliphatic carbocycles.